The molecule has 0 amide bonds. The molecule has 2 aromatic rings. The van der Waals surface area contributed by atoms with Gasteiger partial charge in [-0.05, 0) is 61.0 Å². The molecule has 120 valence electrons. The van der Waals surface area contributed by atoms with Gasteiger partial charge in [-0.1, -0.05) is 23.2 Å². The molecule has 0 spiro atoms. The van der Waals surface area contributed by atoms with E-state index >= 15 is 0 Å². The van der Waals surface area contributed by atoms with E-state index in [1.54, 1.807) is 36.4 Å². The number of hydrogen-bond acceptors (Lipinski definition) is 4. The van der Waals surface area contributed by atoms with E-state index in [0.29, 0.717) is 21.4 Å². The van der Waals surface area contributed by atoms with Gasteiger partial charge in [-0.15, -0.1) is 23.5 Å². The van der Waals surface area contributed by atoms with Gasteiger partial charge in [0.05, 0.1) is 9.80 Å². The maximum absolute atomic E-state index is 12.4. The fourth-order valence-electron chi connectivity index (χ4n) is 1.83. The highest BCUT2D eigenvalue weighted by Crippen LogP contribution is 2.34. The van der Waals surface area contributed by atoms with Gasteiger partial charge in [0, 0.05) is 15.6 Å². The van der Waals surface area contributed by atoms with Gasteiger partial charge >= 0.3 is 5.97 Å². The zero-order valence-corrected chi connectivity index (χ0v) is 15.7. The fraction of sp³-hybridized carbons (Fsp3) is 0.118. The molecular formula is C17H14Cl2O2S2. The van der Waals surface area contributed by atoms with Crippen molar-refractivity contribution in [3.63, 3.8) is 0 Å². The van der Waals surface area contributed by atoms with Crippen molar-refractivity contribution < 1.29 is 9.53 Å². The minimum atomic E-state index is -0.424. The van der Waals surface area contributed by atoms with Crippen LogP contribution in [0.2, 0.25) is 10.0 Å². The lowest BCUT2D eigenvalue weighted by atomic mass is 10.2. The molecule has 0 saturated carbocycles. The topological polar surface area (TPSA) is 26.3 Å². The van der Waals surface area contributed by atoms with Crippen LogP contribution >= 0.6 is 46.7 Å². The van der Waals surface area contributed by atoms with Crippen LogP contribution in [-0.2, 0) is 4.74 Å². The van der Waals surface area contributed by atoms with Gasteiger partial charge in [-0.2, -0.15) is 0 Å². The second kappa shape index (κ2) is 8.69. The molecule has 0 saturated heterocycles. The molecule has 0 aliphatic carbocycles. The molecule has 2 aromatic carbocycles. The van der Waals surface area contributed by atoms with Gasteiger partial charge in [0.25, 0.3) is 0 Å². The molecule has 0 aliphatic rings. The molecule has 0 bridgehead atoms. The van der Waals surface area contributed by atoms with Crippen LogP contribution in [-0.4, -0.2) is 18.5 Å². The molecule has 0 heterocycles. The van der Waals surface area contributed by atoms with E-state index in [0.717, 1.165) is 9.80 Å². The molecule has 2 rings (SSSR count). The number of thioether (sulfide) groups is 2. The lowest BCUT2D eigenvalue weighted by Crippen LogP contribution is -2.05. The zero-order valence-electron chi connectivity index (χ0n) is 12.5. The van der Waals surface area contributed by atoms with Gasteiger partial charge in [0.1, 0.15) is 0 Å². The third-order valence-corrected chi connectivity index (χ3v) is 5.55. The normalized spacial score (nSPS) is 10.3. The maximum atomic E-state index is 12.4. The minimum Gasteiger partial charge on any atom is -0.421 e. The number of rotatable bonds is 5. The van der Waals surface area contributed by atoms with Crippen molar-refractivity contribution >= 4 is 58.5 Å². The van der Waals surface area contributed by atoms with E-state index in [-0.39, 0.29) is 0 Å². The van der Waals surface area contributed by atoms with Crippen LogP contribution in [0.25, 0.3) is 5.76 Å². The highest BCUT2D eigenvalue weighted by Gasteiger charge is 2.16. The highest BCUT2D eigenvalue weighted by molar-refractivity contribution is 8.21. The summed E-state index contributed by atoms with van der Waals surface area (Å²) in [4.78, 5) is 12.4. The van der Waals surface area contributed by atoms with Crippen LogP contribution in [0.5, 0.6) is 0 Å². The summed E-state index contributed by atoms with van der Waals surface area (Å²) in [5.74, 6) is 0.105. The summed E-state index contributed by atoms with van der Waals surface area (Å²) in [6.07, 6.45) is 3.88. The Morgan fingerprint density at radius 3 is 1.70 bits per heavy atom. The summed E-state index contributed by atoms with van der Waals surface area (Å²) in [7, 11) is 0. The van der Waals surface area contributed by atoms with E-state index in [1.807, 2.05) is 24.6 Å². The summed E-state index contributed by atoms with van der Waals surface area (Å²) in [5.41, 5.74) is 1.25. The first-order valence-electron chi connectivity index (χ1n) is 6.61. The van der Waals surface area contributed by atoms with Crippen LogP contribution in [0.3, 0.4) is 0 Å². The molecule has 23 heavy (non-hydrogen) atoms. The summed E-state index contributed by atoms with van der Waals surface area (Å²) < 4.78 is 6.57. The Balaban J connectivity index is 2.35. The largest absolute Gasteiger partial charge is 0.421 e. The number of hydrogen-bond donors (Lipinski definition) is 0. The monoisotopic (exact) mass is 384 g/mol. The number of halogens is 2. The lowest BCUT2D eigenvalue weighted by molar-refractivity contribution is 0.0692. The Morgan fingerprint density at radius 2 is 1.26 bits per heavy atom. The Morgan fingerprint density at radius 1 is 0.826 bits per heavy atom. The average molecular weight is 385 g/mol. The first-order chi connectivity index (χ1) is 11.0. The molecule has 6 heteroatoms. The second-order valence-electron chi connectivity index (χ2n) is 4.43. The smallest absolute Gasteiger partial charge is 0.343 e. The van der Waals surface area contributed by atoms with Crippen LogP contribution < -0.4 is 0 Å². The van der Waals surface area contributed by atoms with Crippen LogP contribution in [0.1, 0.15) is 15.9 Å². The summed E-state index contributed by atoms with van der Waals surface area (Å²) in [6.45, 7) is 0. The second-order valence-corrected chi connectivity index (χ2v) is 7.19. The fourth-order valence-corrected chi connectivity index (χ4v) is 3.43. The van der Waals surface area contributed by atoms with Gasteiger partial charge in [0.15, 0.2) is 5.76 Å². The van der Waals surface area contributed by atoms with Crippen molar-refractivity contribution in [3.8, 4) is 0 Å². The molecule has 0 unspecified atom stereocenters. The first-order valence-corrected chi connectivity index (χ1v) is 9.81. The Hall–Kier alpha value is -1.07. The number of esters is 1. The maximum Gasteiger partial charge on any atom is 0.343 e. The molecule has 0 aliphatic heterocycles. The average Bonchev–Trinajstić information content (AvgIpc) is 2.56. The summed E-state index contributed by atoms with van der Waals surface area (Å²) in [5, 5.41) is 1.20. The van der Waals surface area contributed by atoms with E-state index in [1.165, 1.54) is 23.5 Å². The van der Waals surface area contributed by atoms with E-state index in [2.05, 4.69) is 0 Å². The SMILES string of the molecule is CSC(SC)=C(OC(=O)c1ccc(Cl)cc1)c1ccc(Cl)cc1. The molecule has 0 aromatic heterocycles. The van der Waals surface area contributed by atoms with Crippen molar-refractivity contribution in [1.29, 1.82) is 0 Å². The Kier molecular flexibility index (Phi) is 6.90. The third kappa shape index (κ3) is 4.95. The number of carbonyl (C=O) groups is 1. The van der Waals surface area contributed by atoms with Crippen molar-refractivity contribution in [2.75, 3.05) is 12.5 Å². The minimum absolute atomic E-state index is 0.424. The Bertz CT molecular complexity index is 704. The summed E-state index contributed by atoms with van der Waals surface area (Å²) in [6, 6.07) is 13.8. The molecule has 2 nitrogen and oxygen atoms in total. The quantitative estimate of drug-likeness (QED) is 0.452. The van der Waals surface area contributed by atoms with Gasteiger partial charge in [0.2, 0.25) is 0 Å². The Labute approximate surface area is 154 Å². The van der Waals surface area contributed by atoms with Gasteiger partial charge in [-0.25, -0.2) is 4.79 Å². The number of carbonyl (C=O) groups excluding carboxylic acids is 1. The van der Waals surface area contributed by atoms with Crippen molar-refractivity contribution in [1.82, 2.24) is 0 Å². The van der Waals surface area contributed by atoms with Gasteiger partial charge in [-0.3, -0.25) is 0 Å². The third-order valence-electron chi connectivity index (χ3n) is 2.94. The molecule has 0 atom stereocenters. The van der Waals surface area contributed by atoms with Gasteiger partial charge < -0.3 is 4.74 Å². The molecule has 0 radical (unpaired) electrons. The number of benzene rings is 2. The predicted octanol–water partition coefficient (Wildman–Crippen LogP) is 6.20. The number of ether oxygens (including phenoxy) is 1. The summed E-state index contributed by atoms with van der Waals surface area (Å²) >= 11 is 14.8. The van der Waals surface area contributed by atoms with E-state index in [4.69, 9.17) is 27.9 Å². The van der Waals surface area contributed by atoms with Crippen molar-refractivity contribution in [2.45, 2.75) is 0 Å². The van der Waals surface area contributed by atoms with E-state index in [9.17, 15) is 4.79 Å². The first kappa shape index (κ1) is 18.3. The van der Waals surface area contributed by atoms with Crippen LogP contribution in [0.15, 0.2) is 52.8 Å². The molecule has 0 fully saturated rings. The zero-order chi connectivity index (χ0) is 16.8. The molecule has 0 N–H and O–H groups in total. The van der Waals surface area contributed by atoms with Crippen LogP contribution in [0.4, 0.5) is 0 Å². The predicted molar refractivity (Wildman–Crippen MR) is 102 cm³/mol. The lowest BCUT2D eigenvalue weighted by Gasteiger charge is -2.13. The standard InChI is InChI=1S/C17H14Cl2O2S2/c1-22-17(23-2)15(11-3-7-13(18)8-4-11)21-16(20)12-5-9-14(19)10-6-12/h3-10H,1-2H3. The molecular weight excluding hydrogens is 371 g/mol. The highest BCUT2D eigenvalue weighted by atomic mass is 35.5. The van der Waals surface area contributed by atoms with Crippen molar-refractivity contribution in [2.24, 2.45) is 0 Å². The van der Waals surface area contributed by atoms with E-state index < -0.39 is 5.97 Å². The van der Waals surface area contributed by atoms with Crippen molar-refractivity contribution in [3.05, 3.63) is 73.9 Å². The van der Waals surface area contributed by atoms with Crippen LogP contribution in [0, 0.1) is 0 Å².